The molecule has 8 nitrogen and oxygen atoms in total. The normalized spacial score (nSPS) is 11.4. The zero-order valence-electron chi connectivity index (χ0n) is 21.7. The van der Waals surface area contributed by atoms with Crippen molar-refractivity contribution in [1.29, 1.82) is 0 Å². The van der Waals surface area contributed by atoms with Crippen LogP contribution < -0.4 is 16.0 Å². The van der Waals surface area contributed by atoms with Crippen molar-refractivity contribution in [2.24, 2.45) is 0 Å². The van der Waals surface area contributed by atoms with Crippen LogP contribution in [0.15, 0.2) is 76.0 Å². The van der Waals surface area contributed by atoms with E-state index in [-0.39, 0.29) is 30.1 Å². The number of hydrogen-bond donors (Lipinski definition) is 1. The Morgan fingerprint density at radius 1 is 1.16 bits per heavy atom. The lowest BCUT2D eigenvalue weighted by Gasteiger charge is -2.17. The number of para-hydroxylation sites is 1. The van der Waals surface area contributed by atoms with Gasteiger partial charge in [-0.3, -0.25) is 19.1 Å². The quantitative estimate of drug-likeness (QED) is 0.207. The second-order valence-electron chi connectivity index (χ2n) is 9.19. The number of fused-ring (bicyclic) bond motifs is 1. The third-order valence-corrected chi connectivity index (χ3v) is 5.82. The van der Waals surface area contributed by atoms with E-state index in [2.05, 4.69) is 30.4 Å². The molecule has 0 unspecified atom stereocenters. The first-order valence-corrected chi connectivity index (χ1v) is 12.2. The number of carbonyl (C=O) groups is 1. The molecule has 0 saturated heterocycles. The average molecular weight is 504 g/mol. The zero-order valence-corrected chi connectivity index (χ0v) is 21.7. The molecular formula is C29H33N3O5. The molecule has 1 aromatic carbocycles. The Hall–Kier alpha value is -4.20. The van der Waals surface area contributed by atoms with Gasteiger partial charge in [-0.15, -0.1) is 0 Å². The predicted octanol–water partition coefficient (Wildman–Crippen LogP) is 5.18. The van der Waals surface area contributed by atoms with Crippen molar-refractivity contribution in [3.8, 4) is 11.5 Å². The summed E-state index contributed by atoms with van der Waals surface area (Å²) in [6, 6.07) is 7.74. The van der Waals surface area contributed by atoms with E-state index < -0.39 is 11.2 Å². The molecule has 8 heteroatoms. The molecule has 0 atom stereocenters. The highest BCUT2D eigenvalue weighted by molar-refractivity contribution is 5.80. The van der Waals surface area contributed by atoms with Gasteiger partial charge in [0, 0.05) is 18.5 Å². The fourth-order valence-electron chi connectivity index (χ4n) is 3.92. The average Bonchev–Trinajstić information content (AvgIpc) is 2.87. The maximum absolute atomic E-state index is 13.6. The van der Waals surface area contributed by atoms with Crippen molar-refractivity contribution < 1.29 is 14.3 Å². The first-order chi connectivity index (χ1) is 17.8. The first kappa shape index (κ1) is 27.4. The molecule has 2 heterocycles. The summed E-state index contributed by atoms with van der Waals surface area (Å²) < 4.78 is 12.2. The summed E-state index contributed by atoms with van der Waals surface area (Å²) in [5.74, 6) is 1.31. The molecule has 0 amide bonds. The van der Waals surface area contributed by atoms with E-state index in [1.54, 1.807) is 6.08 Å². The molecule has 194 valence electrons. The van der Waals surface area contributed by atoms with E-state index in [1.807, 2.05) is 50.3 Å². The summed E-state index contributed by atoms with van der Waals surface area (Å²) in [5.41, 5.74) is 2.71. The Kier molecular flexibility index (Phi) is 9.38. The molecule has 0 bridgehead atoms. The van der Waals surface area contributed by atoms with Gasteiger partial charge in [0.2, 0.25) is 0 Å². The summed E-state index contributed by atoms with van der Waals surface area (Å²) in [6.07, 6.45) is 7.84. The molecule has 0 fully saturated rings. The van der Waals surface area contributed by atoms with Gasteiger partial charge in [0.05, 0.1) is 18.2 Å². The van der Waals surface area contributed by atoms with Gasteiger partial charge in [-0.05, 0) is 43.4 Å². The van der Waals surface area contributed by atoms with Gasteiger partial charge in [0.25, 0.3) is 12.0 Å². The smallest absolute Gasteiger partial charge is 0.329 e. The third kappa shape index (κ3) is 6.73. The van der Waals surface area contributed by atoms with Crippen LogP contribution in [-0.2, 0) is 22.5 Å². The van der Waals surface area contributed by atoms with Crippen LogP contribution in [0.25, 0.3) is 11.0 Å². The number of benzene rings is 1. The summed E-state index contributed by atoms with van der Waals surface area (Å²) in [6.45, 7) is 12.6. The maximum Gasteiger partial charge on any atom is 0.329 e. The summed E-state index contributed by atoms with van der Waals surface area (Å²) in [4.78, 5) is 43.8. The summed E-state index contributed by atoms with van der Waals surface area (Å²) in [7, 11) is 0. The first-order valence-electron chi connectivity index (χ1n) is 12.2. The minimum atomic E-state index is -0.579. The lowest BCUT2D eigenvalue weighted by molar-refractivity contribution is -0.128. The number of pyridine rings is 1. The molecule has 0 aliphatic carbocycles. The van der Waals surface area contributed by atoms with Crippen molar-refractivity contribution in [3.05, 3.63) is 98.4 Å². The standard InChI is InChI=1S/C29H33N3O5/c1-6-21(13-12-19(2)3)16-23-25(37-24-11-8-7-10-22(24)20(4)5)17-30-27-26(23)28(34)32(29(35)31-27)14-9-15-36-18-33/h6-8,10-13,17-18,20H,1,9,14-16H2,2-5H3,(H,30,31,35)/b21-13+. The van der Waals surface area contributed by atoms with Gasteiger partial charge in [0.15, 0.2) is 0 Å². The Bertz CT molecular complexity index is 1460. The predicted molar refractivity (Wildman–Crippen MR) is 145 cm³/mol. The van der Waals surface area contributed by atoms with Crippen molar-refractivity contribution in [2.75, 3.05) is 6.61 Å². The summed E-state index contributed by atoms with van der Waals surface area (Å²) >= 11 is 0. The van der Waals surface area contributed by atoms with E-state index in [9.17, 15) is 14.4 Å². The number of rotatable bonds is 12. The van der Waals surface area contributed by atoms with Crippen molar-refractivity contribution in [2.45, 2.75) is 53.0 Å². The number of hydrogen-bond acceptors (Lipinski definition) is 6. The van der Waals surface area contributed by atoms with Gasteiger partial charge in [0.1, 0.15) is 17.1 Å². The number of aromatic amines is 1. The topological polar surface area (TPSA) is 103 Å². The van der Waals surface area contributed by atoms with E-state index in [1.165, 1.54) is 6.20 Å². The van der Waals surface area contributed by atoms with Crippen LogP contribution >= 0.6 is 0 Å². The molecule has 2 aromatic heterocycles. The second-order valence-corrected chi connectivity index (χ2v) is 9.19. The van der Waals surface area contributed by atoms with Crippen LogP contribution in [0.5, 0.6) is 11.5 Å². The van der Waals surface area contributed by atoms with Gasteiger partial charge >= 0.3 is 5.69 Å². The molecule has 3 aromatic rings. The molecule has 0 aliphatic rings. The summed E-state index contributed by atoms with van der Waals surface area (Å²) in [5, 5.41) is 0.264. The van der Waals surface area contributed by atoms with Crippen molar-refractivity contribution in [3.63, 3.8) is 0 Å². The van der Waals surface area contributed by atoms with E-state index in [4.69, 9.17) is 9.47 Å². The second kappa shape index (κ2) is 12.7. The number of aromatic nitrogens is 3. The van der Waals surface area contributed by atoms with Crippen LogP contribution in [0.2, 0.25) is 0 Å². The van der Waals surface area contributed by atoms with Gasteiger partial charge < -0.3 is 9.47 Å². The molecule has 1 N–H and O–H groups in total. The Morgan fingerprint density at radius 3 is 2.59 bits per heavy atom. The van der Waals surface area contributed by atoms with Gasteiger partial charge in [-0.2, -0.15) is 0 Å². The number of nitrogens with zero attached hydrogens (tertiary/aromatic N) is 2. The number of ether oxygens (including phenoxy) is 2. The van der Waals surface area contributed by atoms with Crippen LogP contribution in [0.1, 0.15) is 51.2 Å². The van der Waals surface area contributed by atoms with Crippen LogP contribution in [0, 0.1) is 0 Å². The Balaban J connectivity index is 2.24. The molecule has 3 rings (SSSR count). The minimum Gasteiger partial charge on any atom is -0.468 e. The lowest BCUT2D eigenvalue weighted by atomic mass is 10.0. The number of H-pyrrole nitrogens is 1. The minimum absolute atomic E-state index is 0.0839. The van der Waals surface area contributed by atoms with Crippen LogP contribution in [-0.4, -0.2) is 27.6 Å². The van der Waals surface area contributed by atoms with E-state index in [0.29, 0.717) is 36.4 Å². The third-order valence-electron chi connectivity index (χ3n) is 5.82. The molecule has 37 heavy (non-hydrogen) atoms. The van der Waals surface area contributed by atoms with Gasteiger partial charge in [-0.25, -0.2) is 9.78 Å². The number of nitrogens with one attached hydrogen (secondary N) is 1. The van der Waals surface area contributed by atoms with Crippen LogP contribution in [0.3, 0.4) is 0 Å². The molecule has 0 spiro atoms. The largest absolute Gasteiger partial charge is 0.468 e. The monoisotopic (exact) mass is 503 g/mol. The van der Waals surface area contributed by atoms with E-state index in [0.717, 1.165) is 21.3 Å². The fourth-order valence-corrected chi connectivity index (χ4v) is 3.92. The maximum atomic E-state index is 13.6. The molecule has 0 saturated carbocycles. The molecule has 0 aliphatic heterocycles. The lowest BCUT2D eigenvalue weighted by Crippen LogP contribution is -2.36. The molecule has 0 radical (unpaired) electrons. The zero-order chi connectivity index (χ0) is 26.9. The van der Waals surface area contributed by atoms with Crippen molar-refractivity contribution >= 4 is 17.5 Å². The highest BCUT2D eigenvalue weighted by Crippen LogP contribution is 2.34. The number of carbonyl (C=O) groups excluding carboxylic acids is 1. The van der Waals surface area contributed by atoms with Gasteiger partial charge in [-0.1, -0.05) is 62.4 Å². The molecular weight excluding hydrogens is 470 g/mol. The Morgan fingerprint density at radius 2 is 1.92 bits per heavy atom. The highest BCUT2D eigenvalue weighted by Gasteiger charge is 2.19. The SMILES string of the molecule is C=C/C(=C\C=C(C)C)Cc1c(Oc2ccccc2C(C)C)cnc2[nH]c(=O)n(CCCOC=O)c(=O)c12. The number of allylic oxidation sites excluding steroid dienone is 5. The van der Waals surface area contributed by atoms with Crippen molar-refractivity contribution in [1.82, 2.24) is 14.5 Å². The van der Waals surface area contributed by atoms with Crippen LogP contribution in [0.4, 0.5) is 0 Å². The van der Waals surface area contributed by atoms with E-state index >= 15 is 0 Å². The Labute approximate surface area is 216 Å². The highest BCUT2D eigenvalue weighted by atomic mass is 16.5. The fraction of sp³-hybridized carbons (Fsp3) is 0.310.